The number of hydrogen-bond acceptors (Lipinski definition) is 5. The minimum Gasteiger partial charge on any atom is -0.444 e. The first-order valence-corrected chi connectivity index (χ1v) is 13.8. The van der Waals surface area contributed by atoms with E-state index in [1.54, 1.807) is 50.9 Å². The fraction of sp³-hybridized carbons (Fsp3) is 0.484. The molecule has 2 aromatic rings. The monoisotopic (exact) mass is 546 g/mol. The normalized spacial score (nSPS) is 22.5. The minimum absolute atomic E-state index is 0.00731. The van der Waals surface area contributed by atoms with Gasteiger partial charge in [-0.1, -0.05) is 24.3 Å². The van der Waals surface area contributed by atoms with Crippen molar-refractivity contribution in [3.63, 3.8) is 0 Å². The maximum atomic E-state index is 15.2. The Morgan fingerprint density at radius 2 is 1.90 bits per heavy atom. The fourth-order valence-electron chi connectivity index (χ4n) is 6.19. The van der Waals surface area contributed by atoms with Gasteiger partial charge in [-0.3, -0.25) is 14.5 Å². The average Bonchev–Trinajstić information content (AvgIpc) is 3.52. The van der Waals surface area contributed by atoms with Gasteiger partial charge >= 0.3 is 6.09 Å². The molecular weight excluding hydrogens is 511 g/mol. The molecule has 2 aliphatic heterocycles. The van der Waals surface area contributed by atoms with Crippen molar-refractivity contribution < 1.29 is 23.5 Å². The van der Waals surface area contributed by atoms with Crippen LogP contribution >= 0.6 is 0 Å². The van der Waals surface area contributed by atoms with Gasteiger partial charge in [0.2, 0.25) is 5.91 Å². The number of rotatable bonds is 5. The molecule has 2 heterocycles. The van der Waals surface area contributed by atoms with Gasteiger partial charge in [0.05, 0.1) is 6.07 Å². The molecule has 2 fully saturated rings. The van der Waals surface area contributed by atoms with Crippen molar-refractivity contribution in [3.8, 4) is 17.2 Å². The molecule has 0 unspecified atom stereocenters. The predicted molar refractivity (Wildman–Crippen MR) is 147 cm³/mol. The molecule has 8 nitrogen and oxygen atoms in total. The molecule has 1 N–H and O–H groups in total. The van der Waals surface area contributed by atoms with Gasteiger partial charge in [-0.25, -0.2) is 9.18 Å². The molecule has 3 aliphatic rings. The summed E-state index contributed by atoms with van der Waals surface area (Å²) in [5.74, 6) is -0.884. The quantitative estimate of drug-likeness (QED) is 0.597. The molecule has 3 amide bonds. The second-order valence-corrected chi connectivity index (χ2v) is 12.1. The molecule has 0 radical (unpaired) electrons. The van der Waals surface area contributed by atoms with E-state index in [0.717, 1.165) is 36.8 Å². The van der Waals surface area contributed by atoms with Crippen LogP contribution in [0.3, 0.4) is 0 Å². The van der Waals surface area contributed by atoms with Crippen molar-refractivity contribution in [3.05, 3.63) is 58.9 Å². The van der Waals surface area contributed by atoms with Crippen LogP contribution in [0.4, 0.5) is 9.18 Å². The van der Waals surface area contributed by atoms with Gasteiger partial charge in [-0.15, -0.1) is 0 Å². The Hall–Kier alpha value is -3.93. The van der Waals surface area contributed by atoms with E-state index in [1.165, 1.54) is 11.0 Å². The lowest BCUT2D eigenvalue weighted by atomic mass is 9.93. The number of nitrogens with zero attached hydrogens (tertiary/aromatic N) is 3. The van der Waals surface area contributed by atoms with Gasteiger partial charge in [-0.2, -0.15) is 5.26 Å². The summed E-state index contributed by atoms with van der Waals surface area (Å²) in [6.45, 7) is 5.99. The van der Waals surface area contributed by atoms with Crippen LogP contribution in [-0.4, -0.2) is 65.0 Å². The van der Waals surface area contributed by atoms with E-state index in [2.05, 4.69) is 11.4 Å². The van der Waals surface area contributed by atoms with E-state index in [9.17, 15) is 19.6 Å². The molecule has 40 heavy (non-hydrogen) atoms. The number of nitrogens with one attached hydrogen (secondary N) is 1. The van der Waals surface area contributed by atoms with Gasteiger partial charge in [-0.05, 0) is 86.8 Å². The number of halogens is 1. The van der Waals surface area contributed by atoms with Crippen LogP contribution in [0.15, 0.2) is 36.4 Å². The Bertz CT molecular complexity index is 1390. The standard InChI is InChI=1S/C31H35FN4O4/c1-31(2,3)40-30(39)36-24-9-7-22(15-24)27(36)28(37)34-23(17-33)14-21-6-5-19(16-26(21)32)18-8-10-25-20(13-18)11-12-35(4)29(25)38/h5-6,8,10,13,16,22-24,27H,7,9,11-12,14-15H2,1-4H3,(H,34,37)/t22-,23-,24+,27-/m0/s1. The zero-order valence-electron chi connectivity index (χ0n) is 23.4. The largest absolute Gasteiger partial charge is 0.444 e. The predicted octanol–water partition coefficient (Wildman–Crippen LogP) is 4.46. The molecule has 0 aromatic heterocycles. The number of carbonyl (C=O) groups excluding carboxylic acids is 3. The number of ether oxygens (including phenoxy) is 1. The first-order chi connectivity index (χ1) is 18.9. The Kier molecular flexibility index (Phi) is 7.30. The molecular formula is C31H35FN4O4. The molecule has 4 atom stereocenters. The van der Waals surface area contributed by atoms with E-state index in [4.69, 9.17) is 4.74 Å². The maximum Gasteiger partial charge on any atom is 0.411 e. The van der Waals surface area contributed by atoms with Crippen molar-refractivity contribution in [2.45, 2.75) is 76.6 Å². The van der Waals surface area contributed by atoms with Crippen LogP contribution in [0.5, 0.6) is 0 Å². The summed E-state index contributed by atoms with van der Waals surface area (Å²) in [4.78, 5) is 41.8. The van der Waals surface area contributed by atoms with Crippen LogP contribution in [0.25, 0.3) is 11.1 Å². The summed E-state index contributed by atoms with van der Waals surface area (Å²) >= 11 is 0. The highest BCUT2D eigenvalue weighted by Crippen LogP contribution is 2.43. The minimum atomic E-state index is -0.959. The number of carbonyl (C=O) groups is 3. The SMILES string of the molecule is CN1CCc2cc(-c3ccc(C[C@@H](C#N)NC(=O)[C@@H]4[C@H]5CC[C@H](C5)N4C(=O)OC(C)(C)C)c(F)c3)ccc2C1=O. The molecule has 2 aromatic carbocycles. The summed E-state index contributed by atoms with van der Waals surface area (Å²) in [5, 5.41) is 12.5. The van der Waals surface area contributed by atoms with Crippen LogP contribution in [0.1, 0.15) is 61.5 Å². The Morgan fingerprint density at radius 3 is 2.60 bits per heavy atom. The number of piperidine rings is 1. The molecule has 1 aliphatic carbocycles. The third-order valence-corrected chi connectivity index (χ3v) is 8.14. The lowest BCUT2D eigenvalue weighted by molar-refractivity contribution is -0.128. The van der Waals surface area contributed by atoms with E-state index in [-0.39, 0.29) is 24.3 Å². The Balaban J connectivity index is 1.28. The van der Waals surface area contributed by atoms with Crippen molar-refractivity contribution in [2.75, 3.05) is 13.6 Å². The fourth-order valence-corrected chi connectivity index (χ4v) is 6.19. The second kappa shape index (κ2) is 10.6. The van der Waals surface area contributed by atoms with Gasteiger partial charge < -0.3 is 15.0 Å². The van der Waals surface area contributed by atoms with Gasteiger partial charge in [0, 0.05) is 31.6 Å². The van der Waals surface area contributed by atoms with E-state index in [0.29, 0.717) is 23.2 Å². The number of likely N-dealkylation sites (tertiary alicyclic amines) is 1. The van der Waals surface area contributed by atoms with Crippen LogP contribution in [-0.2, 0) is 22.4 Å². The van der Waals surface area contributed by atoms with Gasteiger partial charge in [0.15, 0.2) is 0 Å². The smallest absolute Gasteiger partial charge is 0.411 e. The third-order valence-electron chi connectivity index (χ3n) is 8.14. The molecule has 1 saturated heterocycles. The average molecular weight is 547 g/mol. The van der Waals surface area contributed by atoms with Crippen LogP contribution in [0, 0.1) is 23.1 Å². The first kappa shape index (κ1) is 27.6. The maximum absolute atomic E-state index is 15.2. The molecule has 9 heteroatoms. The highest BCUT2D eigenvalue weighted by Gasteiger charge is 2.52. The van der Waals surface area contributed by atoms with Gasteiger partial charge in [0.1, 0.15) is 23.5 Å². The van der Waals surface area contributed by atoms with E-state index >= 15 is 4.39 Å². The van der Waals surface area contributed by atoms with Crippen molar-refractivity contribution in [1.82, 2.24) is 15.1 Å². The van der Waals surface area contributed by atoms with Gasteiger partial charge in [0.25, 0.3) is 5.91 Å². The summed E-state index contributed by atoms with van der Waals surface area (Å²) in [6, 6.07) is 10.7. The topological polar surface area (TPSA) is 103 Å². The number of likely N-dealkylation sites (N-methyl/N-ethyl adjacent to an activating group) is 1. The summed E-state index contributed by atoms with van der Waals surface area (Å²) in [6.07, 6.45) is 2.61. The van der Waals surface area contributed by atoms with E-state index < -0.39 is 35.5 Å². The summed E-state index contributed by atoms with van der Waals surface area (Å²) < 4.78 is 20.8. The highest BCUT2D eigenvalue weighted by atomic mass is 19.1. The van der Waals surface area contributed by atoms with Crippen LogP contribution < -0.4 is 5.32 Å². The Labute approximate surface area is 234 Å². The molecule has 0 spiro atoms. The molecule has 1 saturated carbocycles. The lowest BCUT2D eigenvalue weighted by Gasteiger charge is -2.35. The second-order valence-electron chi connectivity index (χ2n) is 12.1. The number of benzene rings is 2. The Morgan fingerprint density at radius 1 is 1.18 bits per heavy atom. The van der Waals surface area contributed by atoms with Crippen molar-refractivity contribution in [2.24, 2.45) is 5.92 Å². The molecule has 2 bridgehead atoms. The molecule has 5 rings (SSSR count). The lowest BCUT2D eigenvalue weighted by Crippen LogP contribution is -2.55. The number of amides is 3. The molecule has 210 valence electrons. The number of nitriles is 1. The van der Waals surface area contributed by atoms with Crippen molar-refractivity contribution >= 4 is 17.9 Å². The highest BCUT2D eigenvalue weighted by molar-refractivity contribution is 5.97. The van der Waals surface area contributed by atoms with E-state index in [1.807, 2.05) is 12.1 Å². The summed E-state index contributed by atoms with van der Waals surface area (Å²) in [7, 11) is 1.78. The van der Waals surface area contributed by atoms with Crippen molar-refractivity contribution in [1.29, 1.82) is 5.26 Å². The summed E-state index contributed by atoms with van der Waals surface area (Å²) in [5.41, 5.74) is 2.71. The zero-order valence-corrected chi connectivity index (χ0v) is 23.4. The first-order valence-electron chi connectivity index (χ1n) is 13.8. The third kappa shape index (κ3) is 5.40. The number of hydrogen-bond donors (Lipinski definition) is 1. The number of fused-ring (bicyclic) bond motifs is 3. The van der Waals surface area contributed by atoms with Crippen LogP contribution in [0.2, 0.25) is 0 Å². The zero-order chi connectivity index (χ0) is 28.8.